The topological polar surface area (TPSA) is 141 Å². The molecule has 4 fully saturated rings. The molecule has 4 saturated heterocycles. The summed E-state index contributed by atoms with van der Waals surface area (Å²) in [6.07, 6.45) is 2.67. The largest absolute Gasteiger partial charge is 0.345 e. The quantitative estimate of drug-likeness (QED) is 0.326. The van der Waals surface area contributed by atoms with Gasteiger partial charge in [0.05, 0.1) is 12.1 Å². The van der Waals surface area contributed by atoms with Gasteiger partial charge in [0, 0.05) is 41.3 Å². The number of urea groups is 2. The van der Waals surface area contributed by atoms with E-state index in [-0.39, 0.29) is 29.9 Å². The van der Waals surface area contributed by atoms with Crippen molar-refractivity contribution in [2.75, 3.05) is 41.3 Å². The summed E-state index contributed by atoms with van der Waals surface area (Å²) in [5.74, 6) is -0.348. The fraction of sp³-hybridized carbons (Fsp3) is 0.600. The van der Waals surface area contributed by atoms with Gasteiger partial charge in [-0.1, -0.05) is 30.3 Å². The second kappa shape index (κ2) is 12.2. The molecule has 39 heavy (non-hydrogen) atoms. The molecule has 14 nitrogen and oxygen atoms in total. The summed E-state index contributed by atoms with van der Waals surface area (Å²) in [4.78, 5) is 56.9. The average molecular weight is 547 g/mol. The van der Waals surface area contributed by atoms with Crippen LogP contribution in [0.4, 0.5) is 9.59 Å². The van der Waals surface area contributed by atoms with Gasteiger partial charge >= 0.3 is 12.1 Å². The zero-order valence-electron chi connectivity index (χ0n) is 22.8. The third-order valence-electron chi connectivity index (χ3n) is 7.15. The van der Waals surface area contributed by atoms with Gasteiger partial charge in [0.15, 0.2) is 0 Å². The molecule has 6 amide bonds. The Bertz CT molecular complexity index is 1060. The number of hydrogen-bond donors (Lipinski definition) is 3. The molecule has 0 spiro atoms. The Kier molecular flexibility index (Phi) is 8.90. The van der Waals surface area contributed by atoms with Crippen molar-refractivity contribution in [3.8, 4) is 0 Å². The highest BCUT2D eigenvalue weighted by Gasteiger charge is 2.48. The van der Waals surface area contributed by atoms with Gasteiger partial charge in [0.1, 0.15) is 18.7 Å². The van der Waals surface area contributed by atoms with E-state index in [1.807, 2.05) is 30.3 Å². The van der Waals surface area contributed by atoms with E-state index < -0.39 is 18.1 Å². The molecule has 5 rings (SSSR count). The molecule has 1 aromatic carbocycles. The van der Waals surface area contributed by atoms with Crippen LogP contribution in [0, 0.1) is 0 Å². The first-order valence-electron chi connectivity index (χ1n) is 13.1. The number of hydrazine groups is 2. The van der Waals surface area contributed by atoms with Gasteiger partial charge in [0.25, 0.3) is 11.8 Å². The summed E-state index contributed by atoms with van der Waals surface area (Å²) < 4.78 is 0. The summed E-state index contributed by atoms with van der Waals surface area (Å²) in [7, 11) is 6.94. The summed E-state index contributed by atoms with van der Waals surface area (Å²) >= 11 is 0. The highest BCUT2D eigenvalue weighted by molar-refractivity contribution is 5.89. The molecule has 1 aromatic rings. The number of rotatable bonds is 7. The van der Waals surface area contributed by atoms with Crippen molar-refractivity contribution < 1.29 is 29.2 Å². The first kappa shape index (κ1) is 28.5. The first-order valence-corrected chi connectivity index (χ1v) is 13.1. The summed E-state index contributed by atoms with van der Waals surface area (Å²) in [6, 6.07) is 8.02. The van der Waals surface area contributed by atoms with E-state index in [9.17, 15) is 24.4 Å². The smallest absolute Gasteiger partial charge is 0.309 e. The van der Waals surface area contributed by atoms with Crippen LogP contribution in [0.3, 0.4) is 0 Å². The second-order valence-corrected chi connectivity index (χ2v) is 10.5. The standard InChI is InChI=1S/C16H22N4O3.C9H16N4O3/c1-18(2)17-15(21)14-9-8-13-10-19(14)16(22)20(13)23-11-12-6-4-3-5-7-12;1-11(2)10-8(14)7-4-3-6-5-12(7)9(15)13(6)16/h3-7,13-14H,8-11H2,1-2H3,(H,17,21);6-7,16H,3-5H2,1-2H3,(H,10,14)/t13-,14+;6-,7+/m11/s1. The van der Waals surface area contributed by atoms with Crippen molar-refractivity contribution in [3.05, 3.63) is 35.9 Å². The lowest BCUT2D eigenvalue weighted by Gasteiger charge is -2.30. The number of nitrogens with zero attached hydrogens (tertiary/aromatic N) is 6. The lowest BCUT2D eigenvalue weighted by molar-refractivity contribution is -0.140. The summed E-state index contributed by atoms with van der Waals surface area (Å²) in [5, 5.41) is 14.8. The second-order valence-electron chi connectivity index (χ2n) is 10.5. The number of amides is 6. The van der Waals surface area contributed by atoms with E-state index in [0.29, 0.717) is 39.0 Å². The number of hydroxylamine groups is 4. The number of nitrogens with one attached hydrogen (secondary N) is 2. The van der Waals surface area contributed by atoms with E-state index in [4.69, 9.17) is 4.84 Å². The maximum Gasteiger partial charge on any atom is 0.345 e. The Labute approximate surface area is 227 Å². The van der Waals surface area contributed by atoms with Crippen LogP contribution < -0.4 is 10.9 Å². The van der Waals surface area contributed by atoms with Gasteiger partial charge in [0.2, 0.25) is 0 Å². The lowest BCUT2D eigenvalue weighted by atomic mass is 10.0. The van der Waals surface area contributed by atoms with Gasteiger partial charge in [-0.3, -0.25) is 30.5 Å². The van der Waals surface area contributed by atoms with Gasteiger partial charge in [-0.2, -0.15) is 5.06 Å². The Morgan fingerprint density at radius 3 is 1.92 bits per heavy atom. The maximum absolute atomic E-state index is 12.5. The fourth-order valence-electron chi connectivity index (χ4n) is 5.30. The summed E-state index contributed by atoms with van der Waals surface area (Å²) in [6.45, 7) is 1.32. The molecule has 14 heteroatoms. The molecular formula is C25H38N8O6. The molecule has 0 aliphatic carbocycles. The lowest BCUT2D eigenvalue weighted by Crippen LogP contribution is -2.52. The van der Waals surface area contributed by atoms with E-state index >= 15 is 0 Å². The predicted molar refractivity (Wildman–Crippen MR) is 138 cm³/mol. The number of fused-ring (bicyclic) bond motifs is 4. The van der Waals surface area contributed by atoms with Crippen LogP contribution in [-0.2, 0) is 21.0 Å². The average Bonchev–Trinajstić information content (AvgIpc) is 3.26. The molecule has 0 aromatic heterocycles. The third kappa shape index (κ3) is 6.41. The normalized spacial score (nSPS) is 25.7. The van der Waals surface area contributed by atoms with Crippen LogP contribution in [0.15, 0.2) is 30.3 Å². The minimum atomic E-state index is -0.471. The minimum absolute atomic E-state index is 0.0228. The van der Waals surface area contributed by atoms with Crippen molar-refractivity contribution in [2.24, 2.45) is 0 Å². The number of carbonyl (C=O) groups is 4. The van der Waals surface area contributed by atoms with Gasteiger partial charge in [-0.25, -0.2) is 24.7 Å². The highest BCUT2D eigenvalue weighted by Crippen LogP contribution is 2.31. The van der Waals surface area contributed by atoms with E-state index in [1.165, 1.54) is 9.96 Å². The van der Waals surface area contributed by atoms with Crippen molar-refractivity contribution in [2.45, 2.75) is 56.5 Å². The Balaban J connectivity index is 0.000000193. The molecule has 4 bridgehead atoms. The molecule has 0 radical (unpaired) electrons. The van der Waals surface area contributed by atoms with E-state index in [1.54, 1.807) is 43.1 Å². The highest BCUT2D eigenvalue weighted by atomic mass is 16.7. The minimum Gasteiger partial charge on any atom is -0.309 e. The molecule has 3 N–H and O–H groups in total. The monoisotopic (exact) mass is 546 g/mol. The molecule has 0 saturated carbocycles. The van der Waals surface area contributed by atoms with Crippen LogP contribution in [-0.4, -0.2) is 124 Å². The Morgan fingerprint density at radius 1 is 0.846 bits per heavy atom. The van der Waals surface area contributed by atoms with Gasteiger partial charge < -0.3 is 9.80 Å². The number of benzene rings is 1. The van der Waals surface area contributed by atoms with Crippen molar-refractivity contribution >= 4 is 23.9 Å². The SMILES string of the molecule is CN(C)NC(=O)[C@@H]1CC[C@@H]2CN1C(=O)N2O.CN(C)NC(=O)[C@@H]1CC[C@@H]2CN1C(=O)N2OCc1ccccc1. The molecular weight excluding hydrogens is 508 g/mol. The molecule has 214 valence electrons. The maximum atomic E-state index is 12.5. The van der Waals surface area contributed by atoms with Crippen molar-refractivity contribution in [3.63, 3.8) is 0 Å². The molecule has 4 atom stereocenters. The van der Waals surface area contributed by atoms with Crippen molar-refractivity contribution in [1.82, 2.24) is 40.8 Å². The van der Waals surface area contributed by atoms with Crippen LogP contribution in [0.5, 0.6) is 0 Å². The molecule has 0 unspecified atom stereocenters. The Morgan fingerprint density at radius 2 is 1.36 bits per heavy atom. The third-order valence-corrected chi connectivity index (χ3v) is 7.15. The Hall–Kier alpha value is -3.46. The molecule has 4 aliphatic heterocycles. The van der Waals surface area contributed by atoms with E-state index in [2.05, 4.69) is 10.9 Å². The number of piperidine rings is 2. The van der Waals surface area contributed by atoms with Crippen LogP contribution in [0.25, 0.3) is 0 Å². The van der Waals surface area contributed by atoms with E-state index in [0.717, 1.165) is 17.0 Å². The van der Waals surface area contributed by atoms with Gasteiger partial charge in [-0.05, 0) is 31.2 Å². The van der Waals surface area contributed by atoms with Gasteiger partial charge in [-0.15, -0.1) is 0 Å². The number of hydrogen-bond acceptors (Lipinski definition) is 8. The first-order chi connectivity index (χ1) is 18.6. The van der Waals surface area contributed by atoms with Crippen LogP contribution >= 0.6 is 0 Å². The number of carbonyl (C=O) groups excluding carboxylic acids is 4. The summed E-state index contributed by atoms with van der Waals surface area (Å²) in [5.41, 5.74) is 6.37. The predicted octanol–water partition coefficient (Wildman–Crippen LogP) is 0.217. The molecule has 4 aliphatic rings. The molecule has 4 heterocycles. The van der Waals surface area contributed by atoms with Crippen molar-refractivity contribution in [1.29, 1.82) is 0 Å². The zero-order valence-corrected chi connectivity index (χ0v) is 22.8. The fourth-order valence-corrected chi connectivity index (χ4v) is 5.30. The van der Waals surface area contributed by atoms with Crippen LogP contribution in [0.2, 0.25) is 0 Å². The zero-order chi connectivity index (χ0) is 28.3. The van der Waals surface area contributed by atoms with Crippen LogP contribution in [0.1, 0.15) is 31.2 Å².